The maximum atomic E-state index is 5.56. The molecule has 1 unspecified atom stereocenters. The van der Waals surface area contributed by atoms with E-state index in [1.807, 2.05) is 6.92 Å². The molecule has 0 aliphatic carbocycles. The van der Waals surface area contributed by atoms with Gasteiger partial charge < -0.3 is 0 Å². The highest BCUT2D eigenvalue weighted by Gasteiger charge is 1.94. The minimum Gasteiger partial charge on any atom is -0.265 e. The highest BCUT2D eigenvalue weighted by atomic mass is 35.7. The zero-order valence-electron chi connectivity index (χ0n) is 4.77. The molecule has 9 heavy (non-hydrogen) atoms. The highest BCUT2D eigenvalue weighted by Crippen LogP contribution is 2.12. The van der Waals surface area contributed by atoms with E-state index >= 15 is 0 Å². The number of aliphatic imine (C=N–C) groups is 1. The number of alkyl halides is 1. The fourth-order valence-electron chi connectivity index (χ4n) is 0.222. The quantitative estimate of drug-likeness (QED) is 0.384. The third-order valence-corrected chi connectivity index (χ3v) is 1.95. The molecule has 0 saturated heterocycles. The van der Waals surface area contributed by atoms with E-state index < -0.39 is 0 Å². The van der Waals surface area contributed by atoms with Gasteiger partial charge in [0, 0.05) is 11.0 Å². The summed E-state index contributed by atoms with van der Waals surface area (Å²) in [4.78, 5) is 3.82. The molecule has 0 fully saturated rings. The first-order chi connectivity index (χ1) is 4.16. The van der Waals surface area contributed by atoms with Crippen molar-refractivity contribution in [3.05, 3.63) is 0 Å². The number of nitrogens with zero attached hydrogens (tertiary/aromatic N) is 1. The van der Waals surface area contributed by atoms with Crippen LogP contribution in [0.1, 0.15) is 6.92 Å². The molecule has 0 rings (SSSR count). The Hall–Kier alpha value is 0.890. The maximum absolute atomic E-state index is 5.56. The van der Waals surface area contributed by atoms with E-state index in [1.54, 1.807) is 0 Å². The van der Waals surface area contributed by atoms with Crippen molar-refractivity contribution in [2.75, 3.05) is 6.54 Å². The van der Waals surface area contributed by atoms with Crippen LogP contribution in [0.15, 0.2) is 4.99 Å². The second-order valence-corrected chi connectivity index (χ2v) is 3.78. The minimum absolute atomic E-state index is 0.0163. The molecule has 0 bridgehead atoms. The van der Waals surface area contributed by atoms with Crippen LogP contribution in [0.5, 0.6) is 0 Å². The summed E-state index contributed by atoms with van der Waals surface area (Å²) in [7, 11) is 6.14. The van der Waals surface area contributed by atoms with Crippen LogP contribution >= 0.6 is 44.9 Å². The predicted molar refractivity (Wildman–Crippen MR) is 46.9 cm³/mol. The number of hydrogen-bond acceptors (Lipinski definition) is 2. The van der Waals surface area contributed by atoms with Gasteiger partial charge in [0.25, 0.3) is 0 Å². The van der Waals surface area contributed by atoms with Crippen LogP contribution in [-0.2, 0) is 0 Å². The molecule has 5 heteroatoms. The Bertz CT molecular complexity index is 104. The van der Waals surface area contributed by atoms with Gasteiger partial charge in [-0.1, -0.05) is 11.6 Å². The van der Waals surface area contributed by atoms with Gasteiger partial charge in [0.15, 0.2) is 4.50 Å². The lowest BCUT2D eigenvalue weighted by Crippen LogP contribution is -1.96. The van der Waals surface area contributed by atoms with E-state index in [0.29, 0.717) is 11.0 Å². The van der Waals surface area contributed by atoms with Gasteiger partial charge in [0.2, 0.25) is 0 Å². The van der Waals surface area contributed by atoms with Crippen LogP contribution in [0.25, 0.3) is 0 Å². The predicted octanol–water partition coefficient (Wildman–Crippen LogP) is 3.10. The van der Waals surface area contributed by atoms with E-state index in [9.17, 15) is 0 Å². The normalized spacial score (nSPS) is 15.8. The minimum atomic E-state index is 0.0163. The van der Waals surface area contributed by atoms with Crippen molar-refractivity contribution in [3.8, 4) is 0 Å². The molecule has 1 nitrogen and oxygen atoms in total. The maximum Gasteiger partial charge on any atom is 0.173 e. The molecular formula is C4H6Cl3NS. The first-order valence-corrected chi connectivity index (χ1v) is 4.75. The Labute approximate surface area is 73.3 Å². The van der Waals surface area contributed by atoms with E-state index in [1.165, 1.54) is 0 Å². The molecule has 0 aromatic carbocycles. The monoisotopic (exact) mass is 205 g/mol. The summed E-state index contributed by atoms with van der Waals surface area (Å²) in [5, 5.41) is 0.0163. The van der Waals surface area contributed by atoms with Gasteiger partial charge in [-0.3, -0.25) is 4.99 Å². The Morgan fingerprint density at radius 1 is 1.78 bits per heavy atom. The van der Waals surface area contributed by atoms with Crippen molar-refractivity contribution in [3.63, 3.8) is 0 Å². The number of rotatable bonds is 2. The first-order valence-electron chi connectivity index (χ1n) is 2.29. The van der Waals surface area contributed by atoms with E-state index in [-0.39, 0.29) is 5.38 Å². The summed E-state index contributed by atoms with van der Waals surface area (Å²) in [6, 6.07) is 0. The molecule has 54 valence electrons. The van der Waals surface area contributed by atoms with Crippen LogP contribution in [0.3, 0.4) is 0 Å². The summed E-state index contributed by atoms with van der Waals surface area (Å²) in [6.45, 7) is 2.36. The molecule has 0 N–H and O–H groups in total. The third-order valence-electron chi connectivity index (χ3n) is 0.531. The molecule has 1 atom stereocenters. The smallest absolute Gasteiger partial charge is 0.173 e. The lowest BCUT2D eigenvalue weighted by molar-refractivity contribution is 0.947. The molecular weight excluding hydrogens is 200 g/mol. The van der Waals surface area contributed by atoms with Gasteiger partial charge in [0.1, 0.15) is 0 Å². The van der Waals surface area contributed by atoms with Crippen molar-refractivity contribution in [2.45, 2.75) is 12.3 Å². The van der Waals surface area contributed by atoms with Crippen molar-refractivity contribution >= 4 is 49.4 Å². The molecule has 0 saturated carbocycles. The number of hydrogen-bond donors (Lipinski definition) is 0. The van der Waals surface area contributed by atoms with Crippen LogP contribution in [-0.4, -0.2) is 16.4 Å². The molecule has 0 heterocycles. The summed E-state index contributed by atoms with van der Waals surface area (Å²) in [5.41, 5.74) is 0. The largest absolute Gasteiger partial charge is 0.265 e. The van der Waals surface area contributed by atoms with Crippen molar-refractivity contribution < 1.29 is 0 Å². The Balaban J connectivity index is 3.43. The first kappa shape index (κ1) is 9.89. The Morgan fingerprint density at radius 2 is 2.33 bits per heavy atom. The van der Waals surface area contributed by atoms with Crippen molar-refractivity contribution in [1.82, 2.24) is 0 Å². The third kappa shape index (κ3) is 6.78. The second-order valence-electron chi connectivity index (χ2n) is 1.45. The van der Waals surface area contributed by atoms with Gasteiger partial charge in [0.05, 0.1) is 11.9 Å². The van der Waals surface area contributed by atoms with Crippen molar-refractivity contribution in [1.29, 1.82) is 0 Å². The average molecular weight is 207 g/mol. The van der Waals surface area contributed by atoms with Crippen LogP contribution < -0.4 is 0 Å². The summed E-state index contributed by atoms with van der Waals surface area (Å²) >= 11 is 11.0. The van der Waals surface area contributed by atoms with Gasteiger partial charge in [-0.25, -0.2) is 0 Å². The molecule has 0 spiro atoms. The number of halogens is 3. The summed E-state index contributed by atoms with van der Waals surface area (Å²) in [6.07, 6.45) is 0. The average Bonchev–Trinajstić information content (AvgIpc) is 1.83. The van der Waals surface area contributed by atoms with E-state index in [2.05, 4.69) is 4.99 Å². The van der Waals surface area contributed by atoms with Gasteiger partial charge >= 0.3 is 0 Å². The molecule has 0 radical (unpaired) electrons. The zero-order valence-corrected chi connectivity index (χ0v) is 7.86. The van der Waals surface area contributed by atoms with E-state index in [0.717, 1.165) is 11.0 Å². The molecule has 0 aliphatic rings. The standard InChI is InChI=1S/C4H6Cl3NS/c1-3(5)2-8-4(6)9-7/h3H,2H2,1H3. The van der Waals surface area contributed by atoms with E-state index in [4.69, 9.17) is 33.9 Å². The van der Waals surface area contributed by atoms with Gasteiger partial charge in [-0.2, -0.15) is 0 Å². The van der Waals surface area contributed by atoms with Crippen LogP contribution in [0.2, 0.25) is 0 Å². The molecule has 0 amide bonds. The fourth-order valence-corrected chi connectivity index (χ4v) is 0.630. The molecule has 0 aromatic rings. The molecule has 0 aliphatic heterocycles. The Kier molecular flexibility index (Phi) is 6.22. The SMILES string of the molecule is CC(Cl)CN=C(Cl)SCl. The van der Waals surface area contributed by atoms with Crippen molar-refractivity contribution in [2.24, 2.45) is 4.99 Å². The zero-order chi connectivity index (χ0) is 7.28. The van der Waals surface area contributed by atoms with Gasteiger partial charge in [-0.05, 0) is 17.6 Å². The van der Waals surface area contributed by atoms with Gasteiger partial charge in [-0.15, -0.1) is 11.6 Å². The highest BCUT2D eigenvalue weighted by molar-refractivity contribution is 8.34. The van der Waals surface area contributed by atoms with Crippen LogP contribution in [0, 0.1) is 0 Å². The summed E-state index contributed by atoms with van der Waals surface area (Å²) < 4.78 is 0.337. The lowest BCUT2D eigenvalue weighted by Gasteiger charge is -1.94. The van der Waals surface area contributed by atoms with Crippen LogP contribution in [0.4, 0.5) is 0 Å². The topological polar surface area (TPSA) is 12.4 Å². The summed E-state index contributed by atoms with van der Waals surface area (Å²) in [5.74, 6) is 0. The Morgan fingerprint density at radius 3 is 2.67 bits per heavy atom. The lowest BCUT2D eigenvalue weighted by atomic mass is 10.5. The second kappa shape index (κ2) is 5.66. The fraction of sp³-hybridized carbons (Fsp3) is 0.750. The molecule has 0 aromatic heterocycles.